The van der Waals surface area contributed by atoms with Crippen molar-refractivity contribution in [3.05, 3.63) is 89.0 Å². The van der Waals surface area contributed by atoms with E-state index in [0.29, 0.717) is 53.2 Å². The summed E-state index contributed by atoms with van der Waals surface area (Å²) in [7, 11) is 0. The van der Waals surface area contributed by atoms with Crippen LogP contribution >= 0.6 is 0 Å². The summed E-state index contributed by atoms with van der Waals surface area (Å²) in [5.74, 6) is 0.124. The number of rotatable bonds is 10. The SMILES string of the molecule is CCOc1ccc(/C(O)=C2/C(=O)C(=O)N(c3ccc(C(C)C)cc3)C2c2ccc(OC(C)C)cc2)c(OCC)c1. The van der Waals surface area contributed by atoms with Gasteiger partial charge in [-0.15, -0.1) is 0 Å². The highest BCUT2D eigenvalue weighted by Gasteiger charge is 2.47. The average molecular weight is 544 g/mol. The van der Waals surface area contributed by atoms with Gasteiger partial charge in [0.2, 0.25) is 0 Å². The number of ketones is 1. The molecule has 1 amide bonds. The maximum Gasteiger partial charge on any atom is 0.300 e. The van der Waals surface area contributed by atoms with Crippen LogP contribution in [0.5, 0.6) is 17.2 Å². The molecular weight excluding hydrogens is 506 g/mol. The molecule has 3 aromatic carbocycles. The lowest BCUT2D eigenvalue weighted by Crippen LogP contribution is -2.29. The monoisotopic (exact) mass is 543 g/mol. The lowest BCUT2D eigenvalue weighted by atomic mass is 9.94. The molecule has 7 nitrogen and oxygen atoms in total. The van der Waals surface area contributed by atoms with Crippen molar-refractivity contribution in [2.24, 2.45) is 0 Å². The van der Waals surface area contributed by atoms with E-state index in [9.17, 15) is 14.7 Å². The molecule has 40 heavy (non-hydrogen) atoms. The normalized spacial score (nSPS) is 16.6. The van der Waals surface area contributed by atoms with Gasteiger partial charge in [0.15, 0.2) is 0 Å². The number of nitrogens with zero attached hydrogens (tertiary/aromatic N) is 1. The molecule has 0 radical (unpaired) electrons. The summed E-state index contributed by atoms with van der Waals surface area (Å²) >= 11 is 0. The molecule has 7 heteroatoms. The molecule has 1 unspecified atom stereocenters. The van der Waals surface area contributed by atoms with Crippen LogP contribution < -0.4 is 19.1 Å². The molecule has 4 rings (SSSR count). The predicted molar refractivity (Wildman–Crippen MR) is 156 cm³/mol. The molecule has 1 fully saturated rings. The molecule has 0 spiro atoms. The standard InChI is InChI=1S/C33H37NO6/c1-7-38-26-17-18-27(28(19-26)39-8-2)31(35)29-30(23-11-15-25(16-12-23)40-21(5)6)34(33(37)32(29)36)24-13-9-22(10-14-24)20(3)4/h9-21,30,35H,7-8H2,1-6H3/b31-29-. The van der Waals surface area contributed by atoms with Gasteiger partial charge in [-0.25, -0.2) is 0 Å². The van der Waals surface area contributed by atoms with Crippen LogP contribution in [-0.2, 0) is 9.59 Å². The Morgan fingerprint density at radius 3 is 2.05 bits per heavy atom. The van der Waals surface area contributed by atoms with Crippen molar-refractivity contribution < 1.29 is 28.9 Å². The zero-order valence-electron chi connectivity index (χ0n) is 23.9. The number of benzene rings is 3. The van der Waals surface area contributed by atoms with E-state index in [4.69, 9.17) is 14.2 Å². The zero-order valence-corrected chi connectivity index (χ0v) is 23.9. The fraction of sp³-hybridized carbons (Fsp3) is 0.333. The van der Waals surface area contributed by atoms with E-state index < -0.39 is 17.7 Å². The van der Waals surface area contributed by atoms with Crippen molar-refractivity contribution in [2.45, 2.75) is 59.6 Å². The quantitative estimate of drug-likeness (QED) is 0.168. The van der Waals surface area contributed by atoms with E-state index >= 15 is 0 Å². The Hall–Kier alpha value is -4.26. The lowest BCUT2D eigenvalue weighted by molar-refractivity contribution is -0.132. The van der Waals surface area contributed by atoms with Gasteiger partial charge >= 0.3 is 0 Å². The Bertz CT molecular complexity index is 1390. The topological polar surface area (TPSA) is 85.3 Å². The number of aliphatic hydroxyl groups excluding tert-OH is 1. The first-order chi connectivity index (χ1) is 19.2. The number of Topliss-reactive ketones (excluding diaryl/α,β-unsaturated/α-hetero) is 1. The Balaban J connectivity index is 1.90. The molecule has 1 aliphatic heterocycles. The Morgan fingerprint density at radius 2 is 1.48 bits per heavy atom. The second kappa shape index (κ2) is 12.3. The van der Waals surface area contributed by atoms with Crippen molar-refractivity contribution in [3.63, 3.8) is 0 Å². The second-order valence-electron chi connectivity index (χ2n) is 10.2. The molecule has 0 aromatic heterocycles. The number of anilines is 1. The van der Waals surface area contributed by atoms with E-state index in [1.54, 1.807) is 30.3 Å². The maximum atomic E-state index is 13.6. The van der Waals surface area contributed by atoms with Gasteiger partial charge < -0.3 is 19.3 Å². The van der Waals surface area contributed by atoms with Gasteiger partial charge in [-0.1, -0.05) is 38.1 Å². The van der Waals surface area contributed by atoms with Crippen molar-refractivity contribution in [3.8, 4) is 17.2 Å². The molecular formula is C33H37NO6. The number of ether oxygens (including phenoxy) is 3. The predicted octanol–water partition coefficient (Wildman–Crippen LogP) is 7.02. The van der Waals surface area contributed by atoms with Gasteiger partial charge in [0.25, 0.3) is 11.7 Å². The molecule has 1 atom stereocenters. The lowest BCUT2D eigenvalue weighted by Gasteiger charge is -2.26. The molecule has 1 aliphatic rings. The summed E-state index contributed by atoms with van der Waals surface area (Å²) in [4.78, 5) is 28.6. The summed E-state index contributed by atoms with van der Waals surface area (Å²) in [6.45, 7) is 12.6. The Morgan fingerprint density at radius 1 is 0.850 bits per heavy atom. The van der Waals surface area contributed by atoms with Gasteiger partial charge in [-0.05, 0) is 81.1 Å². The van der Waals surface area contributed by atoms with Gasteiger partial charge in [-0.3, -0.25) is 14.5 Å². The highest BCUT2D eigenvalue weighted by atomic mass is 16.5. The van der Waals surface area contributed by atoms with Gasteiger partial charge in [0, 0.05) is 11.8 Å². The second-order valence-corrected chi connectivity index (χ2v) is 10.2. The smallest absolute Gasteiger partial charge is 0.300 e. The first kappa shape index (κ1) is 28.7. The third-order valence-electron chi connectivity index (χ3n) is 6.67. The summed E-state index contributed by atoms with van der Waals surface area (Å²) in [5, 5.41) is 11.7. The van der Waals surface area contributed by atoms with Crippen molar-refractivity contribution >= 4 is 23.1 Å². The van der Waals surface area contributed by atoms with E-state index in [1.807, 2.05) is 64.1 Å². The van der Waals surface area contributed by atoms with Crippen molar-refractivity contribution in [2.75, 3.05) is 18.1 Å². The molecule has 3 aromatic rings. The molecule has 1 N–H and O–H groups in total. The van der Waals surface area contributed by atoms with Crippen LogP contribution in [0.2, 0.25) is 0 Å². The molecule has 1 saturated heterocycles. The Labute approximate surface area is 236 Å². The summed E-state index contributed by atoms with van der Waals surface area (Å²) in [6, 6.07) is 19.0. The highest BCUT2D eigenvalue weighted by Crippen LogP contribution is 2.44. The van der Waals surface area contributed by atoms with E-state index in [-0.39, 0.29) is 17.4 Å². The first-order valence-electron chi connectivity index (χ1n) is 13.7. The minimum Gasteiger partial charge on any atom is -0.507 e. The van der Waals surface area contributed by atoms with Crippen LogP contribution in [0.25, 0.3) is 5.76 Å². The number of carbonyl (C=O) groups excluding carboxylic acids is 2. The van der Waals surface area contributed by atoms with Crippen LogP contribution in [0.4, 0.5) is 5.69 Å². The fourth-order valence-electron chi connectivity index (χ4n) is 4.81. The van der Waals surface area contributed by atoms with Crippen LogP contribution in [0.1, 0.15) is 70.2 Å². The third-order valence-corrected chi connectivity index (χ3v) is 6.67. The summed E-state index contributed by atoms with van der Waals surface area (Å²) in [5.41, 5.74) is 2.63. The van der Waals surface area contributed by atoms with Gasteiger partial charge in [-0.2, -0.15) is 0 Å². The fourth-order valence-corrected chi connectivity index (χ4v) is 4.81. The number of carbonyl (C=O) groups is 2. The van der Waals surface area contributed by atoms with Crippen molar-refractivity contribution in [1.29, 1.82) is 0 Å². The minimum absolute atomic E-state index is 0.00685. The molecule has 210 valence electrons. The zero-order chi connectivity index (χ0) is 29.0. The third kappa shape index (κ3) is 5.83. The highest BCUT2D eigenvalue weighted by molar-refractivity contribution is 6.51. The van der Waals surface area contributed by atoms with Gasteiger partial charge in [0.05, 0.1) is 36.5 Å². The van der Waals surface area contributed by atoms with Crippen LogP contribution in [0, 0.1) is 0 Å². The minimum atomic E-state index is -0.862. The van der Waals surface area contributed by atoms with E-state index in [2.05, 4.69) is 13.8 Å². The number of hydrogen-bond donors (Lipinski definition) is 1. The van der Waals surface area contributed by atoms with Crippen LogP contribution in [0.15, 0.2) is 72.3 Å². The number of amides is 1. The van der Waals surface area contributed by atoms with Crippen molar-refractivity contribution in [1.82, 2.24) is 0 Å². The number of hydrogen-bond acceptors (Lipinski definition) is 6. The average Bonchev–Trinajstić information content (AvgIpc) is 3.19. The Kier molecular flexibility index (Phi) is 8.83. The molecule has 0 saturated carbocycles. The first-order valence-corrected chi connectivity index (χ1v) is 13.7. The number of aliphatic hydroxyl groups is 1. The van der Waals surface area contributed by atoms with E-state index in [1.165, 1.54) is 4.90 Å². The summed E-state index contributed by atoms with van der Waals surface area (Å²) in [6.07, 6.45) is -0.00685. The van der Waals surface area contributed by atoms with Crippen LogP contribution in [0.3, 0.4) is 0 Å². The molecule has 1 heterocycles. The maximum absolute atomic E-state index is 13.6. The van der Waals surface area contributed by atoms with Crippen LogP contribution in [-0.4, -0.2) is 36.1 Å². The molecule has 0 aliphatic carbocycles. The largest absolute Gasteiger partial charge is 0.507 e. The van der Waals surface area contributed by atoms with E-state index in [0.717, 1.165) is 5.56 Å². The summed E-state index contributed by atoms with van der Waals surface area (Å²) < 4.78 is 17.2. The van der Waals surface area contributed by atoms with Gasteiger partial charge in [0.1, 0.15) is 23.0 Å². The molecule has 0 bridgehead atoms.